The fraction of sp³-hybridized carbons (Fsp3) is 0.167. The van der Waals surface area contributed by atoms with Crippen molar-refractivity contribution >= 4 is 51.7 Å². The van der Waals surface area contributed by atoms with Crippen LogP contribution in [0.15, 0.2) is 131 Å². The minimum absolute atomic E-state index is 0.0362. The van der Waals surface area contributed by atoms with E-state index in [1.807, 2.05) is 121 Å². The number of carbonyl (C=O) groups is 4. The quantitative estimate of drug-likeness (QED) is 0.135. The summed E-state index contributed by atoms with van der Waals surface area (Å²) >= 11 is 0. The van der Waals surface area contributed by atoms with Crippen molar-refractivity contribution in [3.05, 3.63) is 132 Å². The van der Waals surface area contributed by atoms with Crippen LogP contribution in [0.25, 0.3) is 33.4 Å². The fourth-order valence-electron chi connectivity index (χ4n) is 6.85. The second-order valence-electron chi connectivity index (χ2n) is 12.9. The molecule has 3 amide bonds. The van der Waals surface area contributed by atoms with Crippen LogP contribution >= 0.6 is 0 Å². The van der Waals surface area contributed by atoms with E-state index in [1.165, 1.54) is 0 Å². The molecular formula is C42H34N4O6. The Kier molecular flexibility index (Phi) is 8.78. The Bertz CT molecular complexity index is 2350. The molecular weight excluding hydrogens is 656 g/mol. The normalized spacial score (nSPS) is 15.4. The van der Waals surface area contributed by atoms with Crippen molar-refractivity contribution < 1.29 is 28.4 Å². The standard InChI is InChI=1S/C42H34N4O6/c47-38-19-20-39(48)46(38)52-42(50)27-21-23-45(24-22-27)41(49)33-14-8-7-13-32(33)40-34-17-15-30(43-28-9-3-1-4-10-28)25-36(34)51-37-26-31(16-18-35(37)40)44-29-11-5-2-6-12-29/h1-18,25-27,43H,19-24H2. The molecule has 4 aliphatic rings. The second-order valence-corrected chi connectivity index (χ2v) is 12.9. The largest absolute Gasteiger partial charge is 0.456 e. The first-order chi connectivity index (χ1) is 25.4. The predicted molar refractivity (Wildman–Crippen MR) is 195 cm³/mol. The Morgan fingerprint density at radius 3 is 2.17 bits per heavy atom. The molecule has 10 nitrogen and oxygen atoms in total. The maximum absolute atomic E-state index is 14.3. The number of para-hydroxylation sites is 2. The number of nitrogens with one attached hydrogen (secondary N) is 1. The molecule has 0 unspecified atom stereocenters. The molecule has 2 fully saturated rings. The van der Waals surface area contributed by atoms with E-state index in [4.69, 9.17) is 14.2 Å². The third kappa shape index (κ3) is 6.54. The van der Waals surface area contributed by atoms with Crippen LogP contribution in [0.5, 0.6) is 0 Å². The van der Waals surface area contributed by atoms with Crippen LogP contribution in [0.2, 0.25) is 0 Å². The molecule has 3 aliphatic heterocycles. The van der Waals surface area contributed by atoms with Crippen LogP contribution < -0.4 is 10.7 Å². The molecule has 0 saturated carbocycles. The molecule has 4 aromatic carbocycles. The van der Waals surface area contributed by atoms with Crippen LogP contribution in [-0.4, -0.2) is 46.7 Å². The number of fused-ring (bicyclic) bond motifs is 2. The van der Waals surface area contributed by atoms with E-state index in [0.717, 1.165) is 44.5 Å². The lowest BCUT2D eigenvalue weighted by atomic mass is 9.89. The summed E-state index contributed by atoms with van der Waals surface area (Å²) in [6, 6.07) is 39.0. The summed E-state index contributed by atoms with van der Waals surface area (Å²) in [5.74, 6) is -1.72. The molecule has 0 aromatic heterocycles. The molecule has 10 heteroatoms. The SMILES string of the molecule is O=C(ON1C(=O)CCC1=O)C1CCN(C(=O)c2ccccc2-c2c3ccc(=Nc4ccccc4)cc-3oc3cc(Nc4ccccc4)ccc23)CC1. The molecule has 0 spiro atoms. The minimum atomic E-state index is -0.624. The van der Waals surface area contributed by atoms with E-state index < -0.39 is 23.7 Å². The number of hydrogen-bond donors (Lipinski definition) is 1. The van der Waals surface area contributed by atoms with E-state index >= 15 is 0 Å². The highest BCUT2D eigenvalue weighted by atomic mass is 16.7. The summed E-state index contributed by atoms with van der Waals surface area (Å²) in [7, 11) is 0. The zero-order chi connectivity index (χ0) is 35.6. The lowest BCUT2D eigenvalue weighted by molar-refractivity contribution is -0.201. The summed E-state index contributed by atoms with van der Waals surface area (Å²) in [5, 5.41) is 5.60. The van der Waals surface area contributed by atoms with Gasteiger partial charge in [0.1, 0.15) is 11.3 Å². The van der Waals surface area contributed by atoms with Crippen molar-refractivity contribution in [1.29, 1.82) is 0 Å². The molecule has 8 rings (SSSR count). The summed E-state index contributed by atoms with van der Waals surface area (Å²) in [4.78, 5) is 62.8. The van der Waals surface area contributed by atoms with Gasteiger partial charge in [-0.3, -0.25) is 14.4 Å². The number of hydroxylamine groups is 2. The molecule has 258 valence electrons. The summed E-state index contributed by atoms with van der Waals surface area (Å²) < 4.78 is 6.59. The number of benzene rings is 5. The van der Waals surface area contributed by atoms with Gasteiger partial charge in [-0.05, 0) is 73.0 Å². The number of hydrogen-bond acceptors (Lipinski definition) is 8. The van der Waals surface area contributed by atoms with Gasteiger partial charge in [0.05, 0.1) is 17.0 Å². The smallest absolute Gasteiger partial charge is 0.336 e. The van der Waals surface area contributed by atoms with E-state index in [-0.39, 0.29) is 18.7 Å². The third-order valence-electron chi connectivity index (χ3n) is 9.51. The summed E-state index contributed by atoms with van der Waals surface area (Å²) in [6.07, 6.45) is 0.775. The molecule has 4 aromatic rings. The lowest BCUT2D eigenvalue weighted by Crippen LogP contribution is -2.42. The molecule has 3 heterocycles. The van der Waals surface area contributed by atoms with Crippen molar-refractivity contribution in [3.8, 4) is 22.5 Å². The second kappa shape index (κ2) is 14.0. The topological polar surface area (TPSA) is 122 Å². The number of nitrogens with zero attached hydrogens (tertiary/aromatic N) is 3. The number of anilines is 2. The van der Waals surface area contributed by atoms with Gasteiger partial charge in [-0.15, -0.1) is 5.06 Å². The zero-order valence-corrected chi connectivity index (χ0v) is 28.2. The number of carbonyl (C=O) groups excluding carboxylic acids is 4. The molecule has 2 saturated heterocycles. The molecule has 0 radical (unpaired) electrons. The molecule has 52 heavy (non-hydrogen) atoms. The Hall–Kier alpha value is -6.55. The molecule has 0 atom stereocenters. The van der Waals surface area contributed by atoms with Gasteiger partial charge in [0, 0.05) is 71.5 Å². The number of likely N-dealkylation sites (tertiary alicyclic amines) is 1. The van der Waals surface area contributed by atoms with Gasteiger partial charge in [0.2, 0.25) is 0 Å². The maximum Gasteiger partial charge on any atom is 0.336 e. The Balaban J connectivity index is 1.15. The van der Waals surface area contributed by atoms with E-state index in [9.17, 15) is 19.2 Å². The van der Waals surface area contributed by atoms with Gasteiger partial charge < -0.3 is 19.5 Å². The van der Waals surface area contributed by atoms with Gasteiger partial charge in [-0.25, -0.2) is 9.79 Å². The van der Waals surface area contributed by atoms with Gasteiger partial charge in [0.15, 0.2) is 0 Å². The van der Waals surface area contributed by atoms with Crippen molar-refractivity contribution in [2.24, 2.45) is 10.9 Å². The first kappa shape index (κ1) is 32.6. The van der Waals surface area contributed by atoms with Crippen molar-refractivity contribution in [1.82, 2.24) is 9.96 Å². The van der Waals surface area contributed by atoms with Gasteiger partial charge in [0.25, 0.3) is 17.7 Å². The highest BCUT2D eigenvalue weighted by molar-refractivity contribution is 6.09. The number of imide groups is 1. The van der Waals surface area contributed by atoms with Crippen molar-refractivity contribution in [3.63, 3.8) is 0 Å². The van der Waals surface area contributed by atoms with E-state index in [0.29, 0.717) is 47.9 Å². The molecule has 1 aliphatic carbocycles. The maximum atomic E-state index is 14.3. The van der Waals surface area contributed by atoms with Gasteiger partial charge >= 0.3 is 5.97 Å². The fourth-order valence-corrected chi connectivity index (χ4v) is 6.85. The van der Waals surface area contributed by atoms with Crippen LogP contribution in [-0.2, 0) is 19.2 Å². The number of rotatable bonds is 7. The van der Waals surface area contributed by atoms with Crippen LogP contribution in [0.3, 0.4) is 0 Å². The Morgan fingerprint density at radius 1 is 0.731 bits per heavy atom. The Labute approximate surface area is 299 Å². The highest BCUT2D eigenvalue weighted by Crippen LogP contribution is 2.42. The predicted octanol–water partition coefficient (Wildman–Crippen LogP) is 7.64. The van der Waals surface area contributed by atoms with Gasteiger partial charge in [-0.1, -0.05) is 54.6 Å². The summed E-state index contributed by atoms with van der Waals surface area (Å²) in [5.41, 5.74) is 6.21. The molecule has 0 bridgehead atoms. The summed E-state index contributed by atoms with van der Waals surface area (Å²) in [6.45, 7) is 0.638. The third-order valence-corrected chi connectivity index (χ3v) is 9.51. The minimum Gasteiger partial charge on any atom is -0.456 e. The zero-order valence-electron chi connectivity index (χ0n) is 28.2. The van der Waals surface area contributed by atoms with Crippen molar-refractivity contribution in [2.45, 2.75) is 25.7 Å². The Morgan fingerprint density at radius 2 is 1.42 bits per heavy atom. The van der Waals surface area contributed by atoms with Crippen LogP contribution in [0.1, 0.15) is 36.0 Å². The average Bonchev–Trinajstić information content (AvgIpc) is 3.49. The van der Waals surface area contributed by atoms with Gasteiger partial charge in [-0.2, -0.15) is 0 Å². The van der Waals surface area contributed by atoms with E-state index in [1.54, 1.807) is 4.90 Å². The molecule has 1 N–H and O–H groups in total. The van der Waals surface area contributed by atoms with Crippen molar-refractivity contribution in [2.75, 3.05) is 18.4 Å². The highest BCUT2D eigenvalue weighted by Gasteiger charge is 2.37. The van der Waals surface area contributed by atoms with Crippen LogP contribution in [0, 0.1) is 5.92 Å². The number of piperidine rings is 1. The first-order valence-electron chi connectivity index (χ1n) is 17.3. The monoisotopic (exact) mass is 690 g/mol. The van der Waals surface area contributed by atoms with E-state index in [2.05, 4.69) is 5.32 Å². The average molecular weight is 691 g/mol. The van der Waals surface area contributed by atoms with Crippen LogP contribution in [0.4, 0.5) is 17.1 Å². The first-order valence-corrected chi connectivity index (χ1v) is 17.3. The lowest BCUT2D eigenvalue weighted by Gasteiger charge is -2.32. The number of amides is 3.